The third kappa shape index (κ3) is 3.15. The topological polar surface area (TPSA) is 78.5 Å². The molecule has 2 aliphatic heterocycles. The van der Waals surface area contributed by atoms with Crippen LogP contribution in [0.2, 0.25) is 0 Å². The molecule has 0 unspecified atom stereocenters. The van der Waals surface area contributed by atoms with Gasteiger partial charge in [0.25, 0.3) is 5.91 Å². The molecule has 0 bridgehead atoms. The molecule has 2 heterocycles. The maximum atomic E-state index is 13.5. The van der Waals surface area contributed by atoms with Crippen molar-refractivity contribution in [2.75, 3.05) is 10.6 Å². The summed E-state index contributed by atoms with van der Waals surface area (Å²) in [5.41, 5.74) is 3.69. The molecular formula is C22H23N3O3. The van der Waals surface area contributed by atoms with Gasteiger partial charge < -0.3 is 15.5 Å². The van der Waals surface area contributed by atoms with Gasteiger partial charge in [0.05, 0.1) is 6.42 Å². The lowest BCUT2D eigenvalue weighted by Gasteiger charge is -2.32. The van der Waals surface area contributed by atoms with E-state index in [1.807, 2.05) is 44.2 Å². The molecule has 2 aliphatic rings. The van der Waals surface area contributed by atoms with E-state index in [9.17, 15) is 14.4 Å². The van der Waals surface area contributed by atoms with Crippen LogP contribution in [0, 0.1) is 5.92 Å². The third-order valence-corrected chi connectivity index (χ3v) is 5.65. The Kier molecular flexibility index (Phi) is 4.63. The number of fused-ring (bicyclic) bond motifs is 2. The van der Waals surface area contributed by atoms with Gasteiger partial charge in [-0.1, -0.05) is 44.5 Å². The summed E-state index contributed by atoms with van der Waals surface area (Å²) in [5.74, 6) is -0.434. The predicted molar refractivity (Wildman–Crippen MR) is 107 cm³/mol. The van der Waals surface area contributed by atoms with Gasteiger partial charge in [-0.2, -0.15) is 0 Å². The van der Waals surface area contributed by atoms with Crippen LogP contribution in [0.3, 0.4) is 0 Å². The van der Waals surface area contributed by atoms with Crippen LogP contribution in [-0.4, -0.2) is 28.7 Å². The van der Waals surface area contributed by atoms with Crippen molar-refractivity contribution in [3.63, 3.8) is 0 Å². The molecule has 0 spiro atoms. The van der Waals surface area contributed by atoms with Crippen molar-refractivity contribution in [1.29, 1.82) is 0 Å². The first-order valence-corrected chi connectivity index (χ1v) is 9.60. The lowest BCUT2D eigenvalue weighted by Crippen LogP contribution is -2.48. The highest BCUT2D eigenvalue weighted by Gasteiger charge is 2.37. The summed E-state index contributed by atoms with van der Waals surface area (Å²) in [6.07, 6.45) is 1.11. The molecule has 0 radical (unpaired) electrons. The quantitative estimate of drug-likeness (QED) is 0.862. The largest absolute Gasteiger partial charge is 0.326 e. The Morgan fingerprint density at radius 3 is 2.68 bits per heavy atom. The predicted octanol–water partition coefficient (Wildman–Crippen LogP) is 3.19. The molecule has 0 saturated carbocycles. The van der Waals surface area contributed by atoms with Gasteiger partial charge in [0, 0.05) is 23.5 Å². The lowest BCUT2D eigenvalue weighted by molar-refractivity contribution is -0.122. The standard InChI is InChI=1S/C22H23N3O3/c1-3-13(2)20-21(27)24-17-7-5-4-6-16(17)12-25(20)22(28)15-9-8-14-11-19(26)23-18(14)10-15/h4-10,13,20H,3,11-12H2,1-2H3,(H,23,26)(H,24,27)/t13-,20-/m0/s1. The van der Waals surface area contributed by atoms with Crippen molar-refractivity contribution in [3.8, 4) is 0 Å². The Morgan fingerprint density at radius 1 is 1.11 bits per heavy atom. The fourth-order valence-corrected chi connectivity index (χ4v) is 3.91. The molecule has 4 rings (SSSR count). The normalized spacial score (nSPS) is 19.2. The summed E-state index contributed by atoms with van der Waals surface area (Å²) < 4.78 is 0. The number of benzene rings is 2. The molecule has 0 saturated heterocycles. The molecule has 0 aromatic heterocycles. The number of nitrogens with one attached hydrogen (secondary N) is 2. The molecule has 2 atom stereocenters. The van der Waals surface area contributed by atoms with Crippen molar-refractivity contribution >= 4 is 29.1 Å². The number of anilines is 2. The highest BCUT2D eigenvalue weighted by molar-refractivity contribution is 6.05. The Balaban J connectivity index is 1.73. The maximum Gasteiger partial charge on any atom is 0.254 e. The Bertz CT molecular complexity index is 969. The van der Waals surface area contributed by atoms with E-state index in [1.54, 1.807) is 17.0 Å². The summed E-state index contributed by atoms with van der Waals surface area (Å²) in [7, 11) is 0. The molecule has 3 amide bonds. The monoisotopic (exact) mass is 377 g/mol. The fourth-order valence-electron chi connectivity index (χ4n) is 3.91. The molecule has 6 nitrogen and oxygen atoms in total. The van der Waals surface area contributed by atoms with Crippen molar-refractivity contribution in [2.24, 2.45) is 5.92 Å². The van der Waals surface area contributed by atoms with Crippen molar-refractivity contribution in [2.45, 2.75) is 39.3 Å². The molecule has 144 valence electrons. The Hall–Kier alpha value is -3.15. The van der Waals surface area contributed by atoms with Gasteiger partial charge in [-0.3, -0.25) is 14.4 Å². The number of hydrogen-bond acceptors (Lipinski definition) is 3. The van der Waals surface area contributed by atoms with Crippen LogP contribution < -0.4 is 10.6 Å². The van der Waals surface area contributed by atoms with Crippen molar-refractivity contribution in [3.05, 3.63) is 59.2 Å². The van der Waals surface area contributed by atoms with Gasteiger partial charge in [-0.25, -0.2) is 0 Å². The second-order valence-corrected chi connectivity index (χ2v) is 7.51. The van der Waals surface area contributed by atoms with Crippen LogP contribution in [0.15, 0.2) is 42.5 Å². The van der Waals surface area contributed by atoms with Gasteiger partial charge in [-0.15, -0.1) is 0 Å². The fraction of sp³-hybridized carbons (Fsp3) is 0.318. The Morgan fingerprint density at radius 2 is 1.89 bits per heavy atom. The van der Waals surface area contributed by atoms with E-state index in [4.69, 9.17) is 0 Å². The van der Waals surface area contributed by atoms with Gasteiger partial charge in [0.2, 0.25) is 11.8 Å². The summed E-state index contributed by atoms with van der Waals surface area (Å²) in [5, 5.41) is 5.77. The second kappa shape index (κ2) is 7.11. The molecule has 6 heteroatoms. The van der Waals surface area contributed by atoms with Crippen LogP contribution in [0.1, 0.15) is 41.8 Å². The molecule has 2 N–H and O–H groups in total. The number of nitrogens with zero attached hydrogens (tertiary/aromatic N) is 1. The highest BCUT2D eigenvalue weighted by Crippen LogP contribution is 2.30. The van der Waals surface area contributed by atoms with Crippen molar-refractivity contribution < 1.29 is 14.4 Å². The summed E-state index contributed by atoms with van der Waals surface area (Å²) in [4.78, 5) is 39.7. The van der Waals surface area contributed by atoms with Crippen LogP contribution in [-0.2, 0) is 22.6 Å². The van der Waals surface area contributed by atoms with E-state index >= 15 is 0 Å². The van der Waals surface area contributed by atoms with E-state index in [-0.39, 0.29) is 23.6 Å². The summed E-state index contributed by atoms with van der Waals surface area (Å²) in [6.45, 7) is 4.36. The van der Waals surface area contributed by atoms with E-state index in [1.165, 1.54) is 0 Å². The molecule has 2 aromatic carbocycles. The van der Waals surface area contributed by atoms with E-state index < -0.39 is 6.04 Å². The number of carbonyl (C=O) groups is 3. The zero-order valence-corrected chi connectivity index (χ0v) is 16.0. The molecule has 2 aromatic rings. The first-order chi connectivity index (χ1) is 13.5. The van der Waals surface area contributed by atoms with Crippen molar-refractivity contribution in [1.82, 2.24) is 4.90 Å². The highest BCUT2D eigenvalue weighted by atomic mass is 16.2. The summed E-state index contributed by atoms with van der Waals surface area (Å²) in [6, 6.07) is 12.3. The molecular weight excluding hydrogens is 354 g/mol. The molecule has 0 fully saturated rings. The first kappa shape index (κ1) is 18.2. The van der Waals surface area contributed by atoms with Crippen LogP contribution in [0.25, 0.3) is 0 Å². The van der Waals surface area contributed by atoms with Gasteiger partial charge in [0.15, 0.2) is 0 Å². The average Bonchev–Trinajstić information content (AvgIpc) is 2.99. The molecule has 28 heavy (non-hydrogen) atoms. The first-order valence-electron chi connectivity index (χ1n) is 9.60. The van der Waals surface area contributed by atoms with Gasteiger partial charge in [-0.05, 0) is 35.2 Å². The number of carbonyl (C=O) groups excluding carboxylic acids is 3. The van der Waals surface area contributed by atoms with E-state index in [0.29, 0.717) is 24.2 Å². The van der Waals surface area contributed by atoms with Gasteiger partial charge >= 0.3 is 0 Å². The number of para-hydroxylation sites is 1. The van der Waals surface area contributed by atoms with E-state index in [0.717, 1.165) is 23.2 Å². The average molecular weight is 377 g/mol. The third-order valence-electron chi connectivity index (χ3n) is 5.65. The minimum atomic E-state index is -0.562. The van der Waals surface area contributed by atoms with Crippen LogP contribution in [0.5, 0.6) is 0 Å². The lowest BCUT2D eigenvalue weighted by atomic mass is 9.95. The van der Waals surface area contributed by atoms with Crippen LogP contribution in [0.4, 0.5) is 11.4 Å². The molecule has 0 aliphatic carbocycles. The Labute approximate surface area is 163 Å². The number of amides is 3. The zero-order valence-electron chi connectivity index (χ0n) is 16.0. The van der Waals surface area contributed by atoms with Crippen LogP contribution >= 0.6 is 0 Å². The van der Waals surface area contributed by atoms with Gasteiger partial charge in [0.1, 0.15) is 6.04 Å². The minimum Gasteiger partial charge on any atom is -0.326 e. The summed E-state index contributed by atoms with van der Waals surface area (Å²) >= 11 is 0. The zero-order chi connectivity index (χ0) is 19.8. The SMILES string of the molecule is CC[C@H](C)[C@H]1C(=O)Nc2ccccc2CN1C(=O)c1ccc2c(c1)NC(=O)C2. The minimum absolute atomic E-state index is 0.00684. The number of rotatable bonds is 3. The second-order valence-electron chi connectivity index (χ2n) is 7.51. The smallest absolute Gasteiger partial charge is 0.254 e. The maximum absolute atomic E-state index is 13.5. The number of hydrogen-bond donors (Lipinski definition) is 2. The van der Waals surface area contributed by atoms with E-state index in [2.05, 4.69) is 10.6 Å².